The molecule has 0 fully saturated rings. The van der Waals surface area contributed by atoms with Crippen molar-refractivity contribution in [1.29, 1.82) is 0 Å². The van der Waals surface area contributed by atoms with E-state index < -0.39 is 11.9 Å². The predicted octanol–water partition coefficient (Wildman–Crippen LogP) is 4.71. The molecule has 1 heterocycles. The minimum atomic E-state index is -0.913. The molecule has 1 unspecified atom stereocenters. The van der Waals surface area contributed by atoms with Crippen molar-refractivity contribution in [1.82, 2.24) is 4.57 Å². The van der Waals surface area contributed by atoms with Crippen LogP contribution in [-0.2, 0) is 13.0 Å². The van der Waals surface area contributed by atoms with Gasteiger partial charge in [0.25, 0.3) is 0 Å². The van der Waals surface area contributed by atoms with Crippen molar-refractivity contribution in [2.45, 2.75) is 51.5 Å². The van der Waals surface area contributed by atoms with Crippen LogP contribution in [0.25, 0.3) is 10.9 Å². The zero-order valence-electron chi connectivity index (χ0n) is 16.6. The lowest BCUT2D eigenvalue weighted by atomic mass is 9.91. The summed E-state index contributed by atoms with van der Waals surface area (Å²) in [6.45, 7) is 2.73. The fourth-order valence-corrected chi connectivity index (χ4v) is 4.80. The van der Waals surface area contributed by atoms with E-state index in [2.05, 4.69) is 17.6 Å². The molecule has 5 heteroatoms. The van der Waals surface area contributed by atoms with Gasteiger partial charge in [-0.3, -0.25) is 4.79 Å². The summed E-state index contributed by atoms with van der Waals surface area (Å²) in [7, 11) is 0. The first kappa shape index (κ1) is 19.2. The van der Waals surface area contributed by atoms with E-state index >= 15 is 0 Å². The lowest BCUT2D eigenvalue weighted by Crippen LogP contribution is -2.12. The number of fused-ring (bicyclic) bond motifs is 3. The Hall–Kier alpha value is -3.08. The second kappa shape index (κ2) is 7.74. The van der Waals surface area contributed by atoms with Crippen LogP contribution in [0.1, 0.15) is 76.1 Å². The van der Waals surface area contributed by atoms with Crippen LogP contribution in [0.2, 0.25) is 0 Å². The van der Waals surface area contributed by atoms with Crippen LogP contribution in [-0.4, -0.2) is 21.6 Å². The maximum atomic E-state index is 12.0. The second-order valence-electron chi connectivity index (χ2n) is 7.87. The van der Waals surface area contributed by atoms with Crippen LogP contribution >= 0.6 is 0 Å². The van der Waals surface area contributed by atoms with Gasteiger partial charge in [-0.2, -0.15) is 0 Å². The SMILES string of the molecule is CCC1CCCCc2c1c1cccc(C(=O)O)c1n2Cc1cccc(C(N)=O)c1. The molecule has 0 bridgehead atoms. The number of nitrogens with zero attached hydrogens (tertiary/aromatic N) is 1. The highest BCUT2D eigenvalue weighted by atomic mass is 16.4. The summed E-state index contributed by atoms with van der Waals surface area (Å²) in [4.78, 5) is 23.6. The Morgan fingerprint density at radius 3 is 2.69 bits per heavy atom. The van der Waals surface area contributed by atoms with Gasteiger partial charge in [0.1, 0.15) is 0 Å². The number of para-hydroxylation sites is 1. The molecule has 1 amide bonds. The van der Waals surface area contributed by atoms with Crippen molar-refractivity contribution in [3.8, 4) is 0 Å². The lowest BCUT2D eigenvalue weighted by molar-refractivity contribution is 0.0698. The summed E-state index contributed by atoms with van der Waals surface area (Å²) in [5.41, 5.74) is 10.5. The monoisotopic (exact) mass is 390 g/mol. The lowest BCUT2D eigenvalue weighted by Gasteiger charge is -2.15. The van der Waals surface area contributed by atoms with E-state index in [-0.39, 0.29) is 0 Å². The number of aromatic carboxylic acids is 1. The van der Waals surface area contributed by atoms with E-state index in [0.717, 1.165) is 42.1 Å². The topological polar surface area (TPSA) is 85.3 Å². The van der Waals surface area contributed by atoms with Gasteiger partial charge in [0.2, 0.25) is 5.91 Å². The van der Waals surface area contributed by atoms with Crippen molar-refractivity contribution >= 4 is 22.8 Å². The highest BCUT2D eigenvalue weighted by Gasteiger charge is 2.27. The minimum Gasteiger partial charge on any atom is -0.478 e. The number of nitrogens with two attached hydrogens (primary N) is 1. The molecule has 0 spiro atoms. The maximum Gasteiger partial charge on any atom is 0.337 e. The molecule has 1 aliphatic rings. The number of benzene rings is 2. The van der Waals surface area contributed by atoms with E-state index in [9.17, 15) is 14.7 Å². The van der Waals surface area contributed by atoms with Gasteiger partial charge in [-0.1, -0.05) is 37.6 Å². The molecule has 3 aromatic rings. The molecule has 0 aliphatic heterocycles. The fraction of sp³-hybridized carbons (Fsp3) is 0.333. The third-order valence-corrected chi connectivity index (χ3v) is 6.13. The number of amides is 1. The van der Waals surface area contributed by atoms with E-state index in [1.807, 2.05) is 18.2 Å². The molecule has 1 aromatic heterocycles. The Kier molecular flexibility index (Phi) is 5.14. The average Bonchev–Trinajstić information content (AvgIpc) is 2.87. The van der Waals surface area contributed by atoms with E-state index in [0.29, 0.717) is 23.6 Å². The van der Waals surface area contributed by atoms with Crippen LogP contribution in [0.5, 0.6) is 0 Å². The largest absolute Gasteiger partial charge is 0.478 e. The van der Waals surface area contributed by atoms with E-state index in [4.69, 9.17) is 5.73 Å². The number of hydrogen-bond donors (Lipinski definition) is 2. The Morgan fingerprint density at radius 2 is 1.97 bits per heavy atom. The Bertz CT molecular complexity index is 1100. The maximum absolute atomic E-state index is 12.0. The van der Waals surface area contributed by atoms with Gasteiger partial charge in [-0.15, -0.1) is 0 Å². The molecule has 1 atom stereocenters. The van der Waals surface area contributed by atoms with Crippen LogP contribution in [0.4, 0.5) is 0 Å². The Morgan fingerprint density at radius 1 is 1.17 bits per heavy atom. The van der Waals surface area contributed by atoms with Crippen molar-refractivity contribution in [2.24, 2.45) is 5.73 Å². The van der Waals surface area contributed by atoms with Gasteiger partial charge in [-0.25, -0.2) is 4.79 Å². The zero-order chi connectivity index (χ0) is 20.5. The number of carbonyl (C=O) groups excluding carboxylic acids is 1. The average molecular weight is 390 g/mol. The highest BCUT2D eigenvalue weighted by molar-refractivity contribution is 6.04. The molecule has 5 nitrogen and oxygen atoms in total. The summed E-state index contributed by atoms with van der Waals surface area (Å²) >= 11 is 0. The van der Waals surface area contributed by atoms with E-state index in [1.54, 1.807) is 18.2 Å². The van der Waals surface area contributed by atoms with Crippen molar-refractivity contribution < 1.29 is 14.7 Å². The van der Waals surface area contributed by atoms with Crippen LogP contribution < -0.4 is 5.73 Å². The summed E-state index contributed by atoms with van der Waals surface area (Å²) in [6, 6.07) is 12.9. The van der Waals surface area contributed by atoms with Gasteiger partial charge in [-0.05, 0) is 60.9 Å². The zero-order valence-corrected chi connectivity index (χ0v) is 16.6. The van der Waals surface area contributed by atoms with Gasteiger partial charge < -0.3 is 15.4 Å². The number of rotatable bonds is 5. The smallest absolute Gasteiger partial charge is 0.337 e. The fourth-order valence-electron chi connectivity index (χ4n) is 4.80. The number of carbonyl (C=O) groups is 2. The molecule has 0 radical (unpaired) electrons. The van der Waals surface area contributed by atoms with E-state index in [1.165, 1.54) is 17.7 Å². The van der Waals surface area contributed by atoms with Crippen molar-refractivity contribution in [2.75, 3.05) is 0 Å². The molecule has 0 saturated heterocycles. The first-order valence-corrected chi connectivity index (χ1v) is 10.3. The number of aromatic nitrogens is 1. The Balaban J connectivity index is 1.97. The van der Waals surface area contributed by atoms with Crippen LogP contribution in [0.15, 0.2) is 42.5 Å². The predicted molar refractivity (Wildman–Crippen MR) is 114 cm³/mol. The first-order valence-electron chi connectivity index (χ1n) is 10.3. The van der Waals surface area contributed by atoms with Crippen LogP contribution in [0, 0.1) is 0 Å². The van der Waals surface area contributed by atoms with Crippen molar-refractivity contribution in [3.05, 3.63) is 70.4 Å². The number of carboxylic acids is 1. The summed E-state index contributed by atoms with van der Waals surface area (Å²) in [6.07, 6.45) is 5.40. The third-order valence-electron chi connectivity index (χ3n) is 6.13. The van der Waals surface area contributed by atoms with Gasteiger partial charge in [0.15, 0.2) is 0 Å². The molecule has 150 valence electrons. The van der Waals surface area contributed by atoms with Gasteiger partial charge in [0, 0.05) is 23.2 Å². The standard InChI is InChI=1S/C24H26N2O3/c1-2-16-8-3-4-12-20-21(16)18-10-6-11-19(24(28)29)22(18)26(20)14-15-7-5-9-17(13-15)23(25)27/h5-7,9-11,13,16H,2-4,8,12,14H2,1H3,(H2,25,27)(H,28,29). The Labute approximate surface area is 170 Å². The molecular weight excluding hydrogens is 364 g/mol. The normalized spacial score (nSPS) is 16.4. The summed E-state index contributed by atoms with van der Waals surface area (Å²) in [5, 5.41) is 10.9. The quantitative estimate of drug-likeness (QED) is 0.619. The number of primary amides is 1. The molecule has 3 N–H and O–H groups in total. The third kappa shape index (κ3) is 3.41. The van der Waals surface area contributed by atoms with Crippen LogP contribution in [0.3, 0.4) is 0 Å². The number of hydrogen-bond acceptors (Lipinski definition) is 2. The van der Waals surface area contributed by atoms with Crippen molar-refractivity contribution in [3.63, 3.8) is 0 Å². The molecule has 4 rings (SSSR count). The van der Waals surface area contributed by atoms with Gasteiger partial charge >= 0.3 is 5.97 Å². The second-order valence-corrected chi connectivity index (χ2v) is 7.87. The highest BCUT2D eigenvalue weighted by Crippen LogP contribution is 2.41. The first-order chi connectivity index (χ1) is 14.0. The summed E-state index contributed by atoms with van der Waals surface area (Å²) in [5.74, 6) is -0.930. The molecule has 1 aliphatic carbocycles. The molecular formula is C24H26N2O3. The molecule has 0 saturated carbocycles. The molecule has 2 aromatic carbocycles. The number of carboxylic acid groups (broad SMARTS) is 1. The summed E-state index contributed by atoms with van der Waals surface area (Å²) < 4.78 is 2.17. The van der Waals surface area contributed by atoms with Gasteiger partial charge in [0.05, 0.1) is 11.1 Å². The molecule has 29 heavy (non-hydrogen) atoms. The minimum absolute atomic E-state index is 0.330.